The van der Waals surface area contributed by atoms with Crippen LogP contribution in [0.1, 0.15) is 47.5 Å². The molecule has 1 atom stereocenters. The summed E-state index contributed by atoms with van der Waals surface area (Å²) < 4.78 is 45.2. The zero-order chi connectivity index (χ0) is 23.3. The molecule has 1 aliphatic heterocycles. The SMILES string of the molecule is Cc1nc(N[C@H](C)c2cc(N)cc(C(F)(F)F)c2)c2cc(NC3COC3)c3c(c2n1)CCC3. The van der Waals surface area contributed by atoms with Crippen LogP contribution >= 0.6 is 0 Å². The molecule has 0 amide bonds. The van der Waals surface area contributed by atoms with Gasteiger partial charge in [0.25, 0.3) is 0 Å². The van der Waals surface area contributed by atoms with Gasteiger partial charge in [0.2, 0.25) is 0 Å². The molecule has 2 aromatic carbocycles. The minimum Gasteiger partial charge on any atom is -0.399 e. The van der Waals surface area contributed by atoms with Crippen molar-refractivity contribution in [1.82, 2.24) is 9.97 Å². The Balaban J connectivity index is 1.55. The van der Waals surface area contributed by atoms with Crippen molar-refractivity contribution >= 4 is 28.1 Å². The van der Waals surface area contributed by atoms with Crippen molar-refractivity contribution in [2.75, 3.05) is 29.6 Å². The number of nitrogens with one attached hydrogen (secondary N) is 2. The zero-order valence-corrected chi connectivity index (χ0v) is 18.5. The number of nitrogens with two attached hydrogens (primary N) is 1. The van der Waals surface area contributed by atoms with E-state index in [9.17, 15) is 13.2 Å². The predicted octanol–water partition coefficient (Wildman–Crippen LogP) is 5.01. The van der Waals surface area contributed by atoms with Crippen molar-refractivity contribution in [2.24, 2.45) is 0 Å². The van der Waals surface area contributed by atoms with Gasteiger partial charge in [0.15, 0.2) is 0 Å². The Morgan fingerprint density at radius 2 is 1.85 bits per heavy atom. The molecule has 0 radical (unpaired) electrons. The number of nitrogens with zero attached hydrogens (tertiary/aromatic N) is 2. The largest absolute Gasteiger partial charge is 0.416 e. The van der Waals surface area contributed by atoms with Crippen LogP contribution in [0.5, 0.6) is 0 Å². The highest BCUT2D eigenvalue weighted by Gasteiger charge is 2.31. The normalized spacial score (nSPS) is 17.0. The first-order valence-electron chi connectivity index (χ1n) is 11.1. The number of benzene rings is 2. The van der Waals surface area contributed by atoms with Gasteiger partial charge in [0, 0.05) is 16.8 Å². The van der Waals surface area contributed by atoms with E-state index in [1.165, 1.54) is 11.1 Å². The van der Waals surface area contributed by atoms with Crippen LogP contribution in [0.25, 0.3) is 10.9 Å². The summed E-state index contributed by atoms with van der Waals surface area (Å²) in [5, 5.41) is 7.76. The van der Waals surface area contributed by atoms with Crippen LogP contribution in [-0.4, -0.2) is 29.2 Å². The molecule has 174 valence electrons. The van der Waals surface area contributed by atoms with Crippen LogP contribution in [0.4, 0.5) is 30.4 Å². The summed E-state index contributed by atoms with van der Waals surface area (Å²) in [4.78, 5) is 9.34. The maximum Gasteiger partial charge on any atom is 0.416 e. The summed E-state index contributed by atoms with van der Waals surface area (Å²) >= 11 is 0. The molecule has 4 N–H and O–H groups in total. The third-order valence-electron chi connectivity index (χ3n) is 6.33. The van der Waals surface area contributed by atoms with E-state index in [1.807, 2.05) is 6.92 Å². The highest BCUT2D eigenvalue weighted by Crippen LogP contribution is 2.39. The molecule has 0 unspecified atom stereocenters. The smallest absolute Gasteiger partial charge is 0.399 e. The predicted molar refractivity (Wildman–Crippen MR) is 122 cm³/mol. The van der Waals surface area contributed by atoms with Crippen molar-refractivity contribution < 1.29 is 17.9 Å². The number of ether oxygens (including phenoxy) is 1. The summed E-state index contributed by atoms with van der Waals surface area (Å²) in [5.74, 6) is 1.21. The number of aromatic nitrogens is 2. The van der Waals surface area contributed by atoms with Crippen molar-refractivity contribution in [3.8, 4) is 0 Å². The monoisotopic (exact) mass is 457 g/mol. The molecule has 1 saturated heterocycles. The van der Waals surface area contributed by atoms with Gasteiger partial charge >= 0.3 is 6.18 Å². The molecule has 33 heavy (non-hydrogen) atoms. The van der Waals surface area contributed by atoms with Gasteiger partial charge in [0.1, 0.15) is 11.6 Å². The first-order valence-corrected chi connectivity index (χ1v) is 11.1. The number of alkyl halides is 3. The summed E-state index contributed by atoms with van der Waals surface area (Å²) in [6, 6.07) is 5.54. The number of hydrogen-bond acceptors (Lipinski definition) is 6. The van der Waals surface area contributed by atoms with E-state index in [4.69, 9.17) is 15.5 Å². The Labute approximate surface area is 189 Å². The summed E-state index contributed by atoms with van der Waals surface area (Å²) in [7, 11) is 0. The van der Waals surface area contributed by atoms with Crippen LogP contribution in [0, 0.1) is 6.92 Å². The highest BCUT2D eigenvalue weighted by atomic mass is 19.4. The highest BCUT2D eigenvalue weighted by molar-refractivity contribution is 5.96. The van der Waals surface area contributed by atoms with Crippen LogP contribution < -0.4 is 16.4 Å². The number of fused-ring (bicyclic) bond motifs is 3. The fourth-order valence-corrected chi connectivity index (χ4v) is 4.64. The number of rotatable bonds is 5. The molecule has 2 aliphatic rings. The number of halogens is 3. The van der Waals surface area contributed by atoms with Gasteiger partial charge in [-0.1, -0.05) is 0 Å². The molecule has 2 heterocycles. The Morgan fingerprint density at radius 3 is 2.55 bits per heavy atom. The molecule has 1 fully saturated rings. The Kier molecular flexibility index (Phi) is 5.31. The van der Waals surface area contributed by atoms with Gasteiger partial charge in [-0.3, -0.25) is 0 Å². The Hall–Kier alpha value is -3.07. The summed E-state index contributed by atoms with van der Waals surface area (Å²) in [6.07, 6.45) is -1.46. The van der Waals surface area contributed by atoms with E-state index in [1.54, 1.807) is 13.0 Å². The molecule has 0 bridgehead atoms. The van der Waals surface area contributed by atoms with E-state index in [0.717, 1.165) is 48.0 Å². The summed E-state index contributed by atoms with van der Waals surface area (Å²) in [6.45, 7) is 4.99. The number of hydrogen-bond donors (Lipinski definition) is 3. The molecular formula is C24H26F3N5O. The van der Waals surface area contributed by atoms with Gasteiger partial charge in [-0.15, -0.1) is 0 Å². The van der Waals surface area contributed by atoms with Crippen molar-refractivity contribution in [2.45, 2.75) is 51.4 Å². The van der Waals surface area contributed by atoms with Gasteiger partial charge in [-0.05, 0) is 74.1 Å². The number of anilines is 3. The lowest BCUT2D eigenvalue weighted by atomic mass is 10.0. The average molecular weight is 458 g/mol. The van der Waals surface area contributed by atoms with Crippen LogP contribution in [0.2, 0.25) is 0 Å². The lowest BCUT2D eigenvalue weighted by molar-refractivity contribution is -0.137. The maximum atomic E-state index is 13.3. The van der Waals surface area contributed by atoms with E-state index in [0.29, 0.717) is 30.4 Å². The zero-order valence-electron chi connectivity index (χ0n) is 18.5. The van der Waals surface area contributed by atoms with Crippen LogP contribution in [0.15, 0.2) is 24.3 Å². The van der Waals surface area contributed by atoms with Crippen molar-refractivity contribution in [1.29, 1.82) is 0 Å². The van der Waals surface area contributed by atoms with Gasteiger partial charge < -0.3 is 21.1 Å². The van der Waals surface area contributed by atoms with Crippen molar-refractivity contribution in [3.05, 3.63) is 52.3 Å². The third-order valence-corrected chi connectivity index (χ3v) is 6.33. The first-order chi connectivity index (χ1) is 15.7. The van der Waals surface area contributed by atoms with Gasteiger partial charge in [-0.2, -0.15) is 13.2 Å². The lowest BCUT2D eigenvalue weighted by Gasteiger charge is -2.29. The molecule has 3 aromatic rings. The molecule has 1 aromatic heterocycles. The quantitative estimate of drug-likeness (QED) is 0.467. The lowest BCUT2D eigenvalue weighted by Crippen LogP contribution is -2.40. The minimum absolute atomic E-state index is 0.0734. The van der Waals surface area contributed by atoms with Gasteiger partial charge in [-0.25, -0.2) is 9.97 Å². The molecule has 1 aliphatic carbocycles. The Bertz CT molecular complexity index is 1220. The standard InChI is InChI=1S/C24H26F3N5O/c1-12(14-6-15(24(25,26)27)8-16(28)7-14)29-23-20-9-21(32-17-10-33-11-17)18-4-3-5-19(18)22(20)30-13(2)31-23/h6-9,12,17,32H,3-5,10-11,28H2,1-2H3,(H,29,30,31)/t12-/m1/s1. The molecule has 0 spiro atoms. The topological polar surface area (TPSA) is 85.1 Å². The second-order valence-corrected chi connectivity index (χ2v) is 8.88. The molecule has 0 saturated carbocycles. The number of nitrogen functional groups attached to an aromatic ring is 1. The summed E-state index contributed by atoms with van der Waals surface area (Å²) in [5.41, 5.74) is 10.0. The van der Waals surface area contributed by atoms with E-state index in [2.05, 4.69) is 21.7 Å². The van der Waals surface area contributed by atoms with Crippen LogP contribution in [-0.2, 0) is 23.8 Å². The van der Waals surface area contributed by atoms with E-state index in [-0.39, 0.29) is 11.7 Å². The fourth-order valence-electron chi connectivity index (χ4n) is 4.64. The van der Waals surface area contributed by atoms with E-state index >= 15 is 0 Å². The maximum absolute atomic E-state index is 13.3. The molecular weight excluding hydrogens is 431 g/mol. The number of aryl methyl sites for hydroxylation is 2. The van der Waals surface area contributed by atoms with Crippen molar-refractivity contribution in [3.63, 3.8) is 0 Å². The van der Waals surface area contributed by atoms with Crippen LogP contribution in [0.3, 0.4) is 0 Å². The van der Waals surface area contributed by atoms with Gasteiger partial charge in [0.05, 0.1) is 36.4 Å². The molecule has 5 rings (SSSR count). The minimum atomic E-state index is -4.46. The second kappa shape index (κ2) is 8.06. The molecule has 9 heteroatoms. The Morgan fingerprint density at radius 1 is 1.09 bits per heavy atom. The third kappa shape index (κ3) is 4.17. The molecule has 6 nitrogen and oxygen atoms in total. The second-order valence-electron chi connectivity index (χ2n) is 8.88. The fraction of sp³-hybridized carbons (Fsp3) is 0.417. The first kappa shape index (κ1) is 21.8. The van der Waals surface area contributed by atoms with E-state index < -0.39 is 17.8 Å². The average Bonchev–Trinajstić information content (AvgIpc) is 3.20.